The molecule has 0 bridgehead atoms. The van der Waals surface area contributed by atoms with Crippen LogP contribution in [-0.4, -0.2) is 57.8 Å². The molecule has 0 radical (unpaired) electrons. The molecular weight excluding hydrogens is 372 g/mol. The Morgan fingerprint density at radius 2 is 1.75 bits per heavy atom. The third-order valence-electron chi connectivity index (χ3n) is 5.71. The normalized spacial score (nSPS) is 18.3. The number of nitrogens with zero attached hydrogens (tertiary/aromatic N) is 4. The Morgan fingerprint density at radius 1 is 1.04 bits per heavy atom. The van der Waals surface area contributed by atoms with E-state index in [9.17, 15) is 9.59 Å². The molecule has 1 saturated carbocycles. The summed E-state index contributed by atoms with van der Waals surface area (Å²) in [4.78, 5) is 39.1. The lowest BCUT2D eigenvalue weighted by Crippen LogP contribution is -2.52. The highest BCUT2D eigenvalue weighted by atomic mass is 32.1. The lowest BCUT2D eigenvalue weighted by molar-refractivity contribution is -0.138. The minimum absolute atomic E-state index is 0.0157. The van der Waals surface area contributed by atoms with Crippen LogP contribution in [0, 0.1) is 12.8 Å². The highest BCUT2D eigenvalue weighted by Crippen LogP contribution is 2.29. The minimum atomic E-state index is 0.0157. The van der Waals surface area contributed by atoms with Crippen molar-refractivity contribution in [2.24, 2.45) is 5.92 Å². The van der Waals surface area contributed by atoms with Gasteiger partial charge in [0.05, 0.1) is 11.4 Å². The quantitative estimate of drug-likeness (QED) is 0.795. The fraction of sp³-hybridized carbons (Fsp3) is 0.524. The number of amides is 2. The predicted molar refractivity (Wildman–Crippen MR) is 109 cm³/mol. The number of carbonyl (C=O) groups is 2. The summed E-state index contributed by atoms with van der Waals surface area (Å²) in [6, 6.07) is 5.69. The second kappa shape index (κ2) is 8.39. The molecule has 2 aromatic heterocycles. The van der Waals surface area contributed by atoms with Gasteiger partial charge in [0.2, 0.25) is 5.91 Å². The number of rotatable bonds is 3. The second-order valence-electron chi connectivity index (χ2n) is 7.60. The number of aryl methyl sites for hydroxylation is 1. The van der Waals surface area contributed by atoms with Crippen LogP contribution in [0.4, 0.5) is 0 Å². The zero-order chi connectivity index (χ0) is 19.5. The largest absolute Gasteiger partial charge is 0.339 e. The van der Waals surface area contributed by atoms with Crippen LogP contribution in [0.2, 0.25) is 0 Å². The SMILES string of the molecule is Cc1nc(-c2ccccn2)sc1C(=O)N1CCN(C(=O)C2CCCCC2)CC1. The van der Waals surface area contributed by atoms with Gasteiger partial charge in [0.25, 0.3) is 5.91 Å². The summed E-state index contributed by atoms with van der Waals surface area (Å²) in [5.74, 6) is 0.501. The Kier molecular flexibility index (Phi) is 5.71. The van der Waals surface area contributed by atoms with E-state index in [1.165, 1.54) is 17.8 Å². The van der Waals surface area contributed by atoms with Crippen molar-refractivity contribution >= 4 is 23.2 Å². The summed E-state index contributed by atoms with van der Waals surface area (Å²) in [6.45, 7) is 4.32. The third-order valence-corrected chi connectivity index (χ3v) is 6.88. The Morgan fingerprint density at radius 3 is 2.43 bits per heavy atom. The maximum absolute atomic E-state index is 13.0. The first-order valence-electron chi connectivity index (χ1n) is 10.1. The average molecular weight is 399 g/mol. The van der Waals surface area contributed by atoms with Crippen LogP contribution < -0.4 is 0 Å². The van der Waals surface area contributed by atoms with Gasteiger partial charge in [0, 0.05) is 38.3 Å². The van der Waals surface area contributed by atoms with E-state index in [1.807, 2.05) is 34.9 Å². The van der Waals surface area contributed by atoms with Crippen molar-refractivity contribution in [2.45, 2.75) is 39.0 Å². The molecule has 0 spiro atoms. The molecule has 148 valence electrons. The van der Waals surface area contributed by atoms with E-state index < -0.39 is 0 Å². The fourth-order valence-electron chi connectivity index (χ4n) is 4.07. The van der Waals surface area contributed by atoms with Gasteiger partial charge in [-0.15, -0.1) is 11.3 Å². The van der Waals surface area contributed by atoms with Gasteiger partial charge in [-0.2, -0.15) is 0 Å². The van der Waals surface area contributed by atoms with E-state index in [0.717, 1.165) is 42.1 Å². The van der Waals surface area contributed by atoms with Gasteiger partial charge in [-0.25, -0.2) is 4.98 Å². The zero-order valence-electron chi connectivity index (χ0n) is 16.3. The standard InChI is InChI=1S/C21H26N4O2S/c1-15-18(28-19(23-15)17-9-5-6-10-22-17)21(27)25-13-11-24(12-14-25)20(26)16-7-3-2-4-8-16/h5-6,9-10,16H,2-4,7-8,11-14H2,1H3. The molecule has 28 heavy (non-hydrogen) atoms. The summed E-state index contributed by atoms with van der Waals surface area (Å²) >= 11 is 1.40. The molecule has 7 heteroatoms. The van der Waals surface area contributed by atoms with Crippen molar-refractivity contribution in [3.8, 4) is 10.7 Å². The fourth-order valence-corrected chi connectivity index (χ4v) is 5.09. The average Bonchev–Trinajstić information content (AvgIpc) is 3.16. The molecule has 3 heterocycles. The predicted octanol–water partition coefficient (Wildman–Crippen LogP) is 3.38. The van der Waals surface area contributed by atoms with E-state index in [4.69, 9.17) is 0 Å². The van der Waals surface area contributed by atoms with Crippen LogP contribution in [0.1, 0.15) is 47.5 Å². The first kappa shape index (κ1) is 19.1. The van der Waals surface area contributed by atoms with Crippen LogP contribution in [0.5, 0.6) is 0 Å². The first-order chi connectivity index (χ1) is 13.6. The molecule has 2 amide bonds. The van der Waals surface area contributed by atoms with Crippen LogP contribution in [0.3, 0.4) is 0 Å². The molecule has 0 N–H and O–H groups in total. The van der Waals surface area contributed by atoms with Gasteiger partial charge < -0.3 is 9.80 Å². The molecule has 1 aliphatic heterocycles. The van der Waals surface area contributed by atoms with E-state index >= 15 is 0 Å². The van der Waals surface area contributed by atoms with E-state index in [-0.39, 0.29) is 11.8 Å². The van der Waals surface area contributed by atoms with Crippen molar-refractivity contribution in [3.63, 3.8) is 0 Å². The number of aromatic nitrogens is 2. The Labute approximate surface area is 169 Å². The van der Waals surface area contributed by atoms with Crippen molar-refractivity contribution in [1.29, 1.82) is 0 Å². The number of carbonyl (C=O) groups excluding carboxylic acids is 2. The van der Waals surface area contributed by atoms with Gasteiger partial charge in [0.1, 0.15) is 9.88 Å². The summed E-state index contributed by atoms with van der Waals surface area (Å²) in [5, 5.41) is 0.771. The molecule has 2 aliphatic rings. The van der Waals surface area contributed by atoms with Crippen LogP contribution >= 0.6 is 11.3 Å². The Hall–Kier alpha value is -2.28. The zero-order valence-corrected chi connectivity index (χ0v) is 17.1. The third kappa shape index (κ3) is 3.94. The van der Waals surface area contributed by atoms with E-state index in [1.54, 1.807) is 6.20 Å². The minimum Gasteiger partial charge on any atom is -0.339 e. The summed E-state index contributed by atoms with van der Waals surface area (Å²) in [6.07, 6.45) is 7.36. The highest BCUT2D eigenvalue weighted by molar-refractivity contribution is 7.17. The van der Waals surface area contributed by atoms with Gasteiger partial charge >= 0.3 is 0 Å². The summed E-state index contributed by atoms with van der Waals surface area (Å²) in [5.41, 5.74) is 1.54. The number of piperazine rings is 1. The van der Waals surface area contributed by atoms with Crippen molar-refractivity contribution in [1.82, 2.24) is 19.8 Å². The molecule has 2 fully saturated rings. The van der Waals surface area contributed by atoms with Crippen LogP contribution in [0.15, 0.2) is 24.4 Å². The highest BCUT2D eigenvalue weighted by Gasteiger charge is 2.31. The molecule has 0 unspecified atom stereocenters. The lowest BCUT2D eigenvalue weighted by atomic mass is 9.88. The van der Waals surface area contributed by atoms with Crippen LogP contribution in [-0.2, 0) is 4.79 Å². The van der Waals surface area contributed by atoms with Gasteiger partial charge in [0.15, 0.2) is 0 Å². The first-order valence-corrected chi connectivity index (χ1v) is 10.9. The van der Waals surface area contributed by atoms with Crippen molar-refractivity contribution in [3.05, 3.63) is 35.0 Å². The molecule has 0 atom stereocenters. The van der Waals surface area contributed by atoms with Crippen LogP contribution in [0.25, 0.3) is 10.7 Å². The number of hydrogen-bond donors (Lipinski definition) is 0. The Bertz CT molecular complexity index is 837. The number of hydrogen-bond acceptors (Lipinski definition) is 5. The number of pyridine rings is 1. The maximum Gasteiger partial charge on any atom is 0.265 e. The smallest absolute Gasteiger partial charge is 0.265 e. The van der Waals surface area contributed by atoms with E-state index in [0.29, 0.717) is 37.0 Å². The number of thiazole rings is 1. The van der Waals surface area contributed by atoms with Gasteiger partial charge in [-0.05, 0) is 31.9 Å². The molecule has 1 aliphatic carbocycles. The molecule has 0 aromatic carbocycles. The molecule has 6 nitrogen and oxygen atoms in total. The second-order valence-corrected chi connectivity index (χ2v) is 8.60. The summed E-state index contributed by atoms with van der Waals surface area (Å²) < 4.78 is 0. The monoisotopic (exact) mass is 398 g/mol. The molecule has 1 saturated heterocycles. The maximum atomic E-state index is 13.0. The lowest BCUT2D eigenvalue weighted by Gasteiger charge is -2.37. The van der Waals surface area contributed by atoms with Gasteiger partial charge in [-0.3, -0.25) is 14.6 Å². The molecule has 4 rings (SSSR count). The van der Waals surface area contributed by atoms with Crippen molar-refractivity contribution < 1.29 is 9.59 Å². The van der Waals surface area contributed by atoms with Gasteiger partial charge in [-0.1, -0.05) is 25.3 Å². The topological polar surface area (TPSA) is 66.4 Å². The summed E-state index contributed by atoms with van der Waals surface area (Å²) in [7, 11) is 0. The Balaban J connectivity index is 1.39. The van der Waals surface area contributed by atoms with Crippen molar-refractivity contribution in [2.75, 3.05) is 26.2 Å². The van der Waals surface area contributed by atoms with E-state index in [2.05, 4.69) is 9.97 Å². The molecule has 2 aromatic rings. The molecular formula is C21H26N4O2S.